The molecule has 0 bridgehead atoms. The highest BCUT2D eigenvalue weighted by Crippen LogP contribution is 2.20. The van der Waals surface area contributed by atoms with Crippen molar-refractivity contribution in [3.63, 3.8) is 0 Å². The number of hydrogen-bond acceptors (Lipinski definition) is 3. The predicted octanol–water partition coefficient (Wildman–Crippen LogP) is 4.28. The Morgan fingerprint density at radius 3 is 2.64 bits per heavy atom. The van der Waals surface area contributed by atoms with Crippen LogP contribution in [0, 0.1) is 5.92 Å². The van der Waals surface area contributed by atoms with E-state index in [4.69, 9.17) is 0 Å². The summed E-state index contributed by atoms with van der Waals surface area (Å²) in [6, 6.07) is 16.8. The third-order valence-electron chi connectivity index (χ3n) is 7.16. The highest BCUT2D eigenvalue weighted by molar-refractivity contribution is 5.86. The van der Waals surface area contributed by atoms with Gasteiger partial charge in [0.05, 0.1) is 6.04 Å². The monoisotopic (exact) mass is 446 g/mol. The first-order chi connectivity index (χ1) is 16.2. The van der Waals surface area contributed by atoms with E-state index < -0.39 is 0 Å². The summed E-state index contributed by atoms with van der Waals surface area (Å²) < 4.78 is 0. The average Bonchev–Trinajstić information content (AvgIpc) is 3.26. The molecular formula is C28H38N4O. The standard InChI is InChI=1S/C28H38N4O/c1-3-21(4-2)18-30-27(17-24-19-31-26-12-8-7-11-25(24)26)28(33)29-14-16-32-15-13-22-9-5-6-10-23(22)20-32/h5-12,19,21,27,30-31H,3-4,13-18,20H2,1-2H3,(H,29,33)/t27-/m0/s1. The molecule has 3 aromatic rings. The molecule has 3 N–H and O–H groups in total. The SMILES string of the molecule is CCC(CC)CN[C@@H](Cc1c[nH]c2ccccc12)C(=O)NCCN1CCc2ccccc2C1. The molecule has 0 spiro atoms. The van der Waals surface area contributed by atoms with Crippen molar-refractivity contribution in [3.8, 4) is 0 Å². The summed E-state index contributed by atoms with van der Waals surface area (Å²) in [6.07, 6.45) is 6.08. The van der Waals surface area contributed by atoms with Crippen molar-refractivity contribution in [2.75, 3.05) is 26.2 Å². The second-order valence-electron chi connectivity index (χ2n) is 9.29. The summed E-state index contributed by atoms with van der Waals surface area (Å²) in [5, 5.41) is 8.01. The first-order valence-electron chi connectivity index (χ1n) is 12.5. The fourth-order valence-electron chi connectivity index (χ4n) is 4.87. The molecule has 5 heteroatoms. The lowest BCUT2D eigenvalue weighted by molar-refractivity contribution is -0.123. The minimum atomic E-state index is -0.230. The summed E-state index contributed by atoms with van der Waals surface area (Å²) in [7, 11) is 0. The Bertz CT molecular complexity index is 1040. The topological polar surface area (TPSA) is 60.2 Å². The van der Waals surface area contributed by atoms with Gasteiger partial charge in [0, 0.05) is 43.3 Å². The number of para-hydroxylation sites is 1. The Morgan fingerprint density at radius 1 is 1.06 bits per heavy atom. The molecule has 33 heavy (non-hydrogen) atoms. The Balaban J connectivity index is 1.35. The number of fused-ring (bicyclic) bond motifs is 2. The van der Waals surface area contributed by atoms with Gasteiger partial charge >= 0.3 is 0 Å². The van der Waals surface area contributed by atoms with E-state index in [0.29, 0.717) is 18.9 Å². The molecule has 0 aliphatic carbocycles. The maximum absolute atomic E-state index is 13.2. The molecule has 1 aromatic heterocycles. The first-order valence-corrected chi connectivity index (χ1v) is 12.5. The van der Waals surface area contributed by atoms with Crippen LogP contribution in [0.25, 0.3) is 10.9 Å². The van der Waals surface area contributed by atoms with Gasteiger partial charge in [-0.3, -0.25) is 9.69 Å². The number of rotatable bonds is 11. The molecule has 0 unspecified atom stereocenters. The van der Waals surface area contributed by atoms with Gasteiger partial charge in [-0.15, -0.1) is 0 Å². The van der Waals surface area contributed by atoms with Crippen LogP contribution in [0.5, 0.6) is 0 Å². The lowest BCUT2D eigenvalue weighted by Crippen LogP contribution is -2.48. The molecule has 5 nitrogen and oxygen atoms in total. The maximum Gasteiger partial charge on any atom is 0.237 e. The van der Waals surface area contributed by atoms with E-state index in [0.717, 1.165) is 51.0 Å². The molecule has 2 heterocycles. The molecule has 1 aliphatic rings. The average molecular weight is 447 g/mol. The van der Waals surface area contributed by atoms with Crippen LogP contribution in [-0.4, -0.2) is 48.0 Å². The maximum atomic E-state index is 13.2. The summed E-state index contributed by atoms with van der Waals surface area (Å²) in [5.74, 6) is 0.695. The smallest absolute Gasteiger partial charge is 0.237 e. The zero-order valence-corrected chi connectivity index (χ0v) is 20.1. The molecule has 1 aliphatic heterocycles. The fraction of sp³-hybridized carbons (Fsp3) is 0.464. The number of aromatic amines is 1. The number of H-pyrrole nitrogens is 1. The minimum absolute atomic E-state index is 0.101. The summed E-state index contributed by atoms with van der Waals surface area (Å²) in [5.41, 5.74) is 5.19. The minimum Gasteiger partial charge on any atom is -0.361 e. The third kappa shape index (κ3) is 6.04. The van der Waals surface area contributed by atoms with Crippen LogP contribution < -0.4 is 10.6 Å². The number of nitrogens with one attached hydrogen (secondary N) is 3. The van der Waals surface area contributed by atoms with Crippen LogP contribution >= 0.6 is 0 Å². The molecule has 0 saturated carbocycles. The summed E-state index contributed by atoms with van der Waals surface area (Å²) in [4.78, 5) is 19.0. The molecule has 0 saturated heterocycles. The lowest BCUT2D eigenvalue weighted by Gasteiger charge is -2.29. The largest absolute Gasteiger partial charge is 0.361 e. The molecule has 2 aromatic carbocycles. The van der Waals surface area contributed by atoms with Gasteiger partial charge in [-0.1, -0.05) is 69.2 Å². The highest BCUT2D eigenvalue weighted by Gasteiger charge is 2.22. The Kier molecular flexibility index (Phi) is 8.19. The molecule has 0 fully saturated rings. The first kappa shape index (κ1) is 23.5. The third-order valence-corrected chi connectivity index (χ3v) is 7.16. The van der Waals surface area contributed by atoms with Crippen molar-refractivity contribution in [2.45, 2.75) is 52.1 Å². The zero-order chi connectivity index (χ0) is 23.0. The van der Waals surface area contributed by atoms with Crippen molar-refractivity contribution in [1.82, 2.24) is 20.5 Å². The zero-order valence-electron chi connectivity index (χ0n) is 20.1. The number of benzene rings is 2. The van der Waals surface area contributed by atoms with Crippen LogP contribution in [0.1, 0.15) is 43.4 Å². The highest BCUT2D eigenvalue weighted by atomic mass is 16.2. The normalized spacial score (nSPS) is 15.0. The van der Waals surface area contributed by atoms with Gasteiger partial charge in [-0.2, -0.15) is 0 Å². The van der Waals surface area contributed by atoms with Crippen molar-refractivity contribution < 1.29 is 4.79 Å². The van der Waals surface area contributed by atoms with E-state index in [1.807, 2.05) is 6.07 Å². The number of carbonyl (C=O) groups is 1. The summed E-state index contributed by atoms with van der Waals surface area (Å²) in [6.45, 7) is 8.90. The number of nitrogens with zero attached hydrogens (tertiary/aromatic N) is 1. The van der Waals surface area contributed by atoms with Gasteiger partial charge in [0.25, 0.3) is 0 Å². The van der Waals surface area contributed by atoms with E-state index >= 15 is 0 Å². The molecule has 4 rings (SSSR count). The quantitative estimate of drug-likeness (QED) is 0.412. The molecule has 0 radical (unpaired) electrons. The molecule has 176 valence electrons. The van der Waals surface area contributed by atoms with Crippen LogP contribution in [-0.2, 0) is 24.2 Å². The number of aromatic nitrogens is 1. The van der Waals surface area contributed by atoms with Gasteiger partial charge in [0.1, 0.15) is 0 Å². The fourth-order valence-corrected chi connectivity index (χ4v) is 4.87. The van der Waals surface area contributed by atoms with E-state index in [2.05, 4.69) is 83.0 Å². The predicted molar refractivity (Wildman–Crippen MR) is 136 cm³/mol. The second-order valence-corrected chi connectivity index (χ2v) is 9.29. The Labute approximate surface area is 198 Å². The van der Waals surface area contributed by atoms with Crippen molar-refractivity contribution in [1.29, 1.82) is 0 Å². The van der Waals surface area contributed by atoms with Crippen molar-refractivity contribution in [3.05, 3.63) is 71.4 Å². The van der Waals surface area contributed by atoms with Crippen LogP contribution in [0.4, 0.5) is 0 Å². The van der Waals surface area contributed by atoms with Crippen LogP contribution in [0.2, 0.25) is 0 Å². The second kappa shape index (κ2) is 11.5. The van der Waals surface area contributed by atoms with Crippen LogP contribution in [0.3, 0.4) is 0 Å². The Hall–Kier alpha value is -2.63. The molecule has 1 atom stereocenters. The number of amides is 1. The van der Waals surface area contributed by atoms with Gasteiger partial charge in [-0.05, 0) is 48.1 Å². The lowest BCUT2D eigenvalue weighted by atomic mass is 10.00. The van der Waals surface area contributed by atoms with Gasteiger partial charge in [0.15, 0.2) is 0 Å². The van der Waals surface area contributed by atoms with Crippen LogP contribution in [0.15, 0.2) is 54.7 Å². The van der Waals surface area contributed by atoms with Crippen molar-refractivity contribution in [2.24, 2.45) is 5.92 Å². The Morgan fingerprint density at radius 2 is 1.82 bits per heavy atom. The van der Waals surface area contributed by atoms with E-state index in [1.165, 1.54) is 22.1 Å². The van der Waals surface area contributed by atoms with E-state index in [1.54, 1.807) is 0 Å². The van der Waals surface area contributed by atoms with Crippen molar-refractivity contribution >= 4 is 16.8 Å². The van der Waals surface area contributed by atoms with E-state index in [-0.39, 0.29) is 11.9 Å². The van der Waals surface area contributed by atoms with E-state index in [9.17, 15) is 4.79 Å². The van der Waals surface area contributed by atoms with Gasteiger partial charge in [0.2, 0.25) is 5.91 Å². The molecular weight excluding hydrogens is 408 g/mol. The number of carbonyl (C=O) groups excluding carboxylic acids is 1. The molecule has 1 amide bonds. The summed E-state index contributed by atoms with van der Waals surface area (Å²) >= 11 is 0. The van der Waals surface area contributed by atoms with Gasteiger partial charge in [-0.25, -0.2) is 0 Å². The van der Waals surface area contributed by atoms with Gasteiger partial charge < -0.3 is 15.6 Å². The number of hydrogen-bond donors (Lipinski definition) is 3.